The molecule has 0 amide bonds. The highest BCUT2D eigenvalue weighted by molar-refractivity contribution is 6.33. The van der Waals surface area contributed by atoms with Crippen LogP contribution in [-0.2, 0) is 0 Å². The van der Waals surface area contributed by atoms with E-state index >= 15 is 0 Å². The Kier molecular flexibility index (Phi) is 4.86. The van der Waals surface area contributed by atoms with Gasteiger partial charge in [-0.15, -0.1) is 0 Å². The quantitative estimate of drug-likeness (QED) is 0.829. The first-order valence-electron chi connectivity index (χ1n) is 4.94. The van der Waals surface area contributed by atoms with Crippen molar-refractivity contribution in [2.45, 2.75) is 12.5 Å². The highest BCUT2D eigenvalue weighted by atomic mass is 35.5. The highest BCUT2D eigenvalue weighted by Gasteiger charge is 2.17. The predicted octanol–water partition coefficient (Wildman–Crippen LogP) is 1.74. The van der Waals surface area contributed by atoms with E-state index in [0.29, 0.717) is 35.1 Å². The summed E-state index contributed by atoms with van der Waals surface area (Å²) in [6, 6.07) is 3.42. The van der Waals surface area contributed by atoms with Gasteiger partial charge in [0.2, 0.25) is 0 Å². The lowest BCUT2D eigenvalue weighted by Crippen LogP contribution is -2.07. The summed E-state index contributed by atoms with van der Waals surface area (Å²) in [4.78, 5) is 0. The molecule has 0 aliphatic heterocycles. The maximum absolute atomic E-state index is 9.82. The number of nitrogens with two attached hydrogens (primary N) is 1. The van der Waals surface area contributed by atoms with Gasteiger partial charge < -0.3 is 20.3 Å². The van der Waals surface area contributed by atoms with Gasteiger partial charge in [-0.3, -0.25) is 0 Å². The zero-order chi connectivity index (χ0) is 12.1. The van der Waals surface area contributed by atoms with Gasteiger partial charge in [-0.25, -0.2) is 0 Å². The minimum atomic E-state index is -0.683. The molecule has 1 aromatic carbocycles. The third-order valence-corrected chi connectivity index (χ3v) is 2.70. The molecule has 0 aliphatic rings. The first kappa shape index (κ1) is 13.1. The number of benzene rings is 1. The second-order valence-corrected chi connectivity index (χ2v) is 3.68. The molecular weight excluding hydrogens is 230 g/mol. The molecule has 0 aromatic heterocycles. The number of hydrogen-bond acceptors (Lipinski definition) is 4. The summed E-state index contributed by atoms with van der Waals surface area (Å²) in [6.07, 6.45) is -0.229. The topological polar surface area (TPSA) is 64.7 Å². The lowest BCUT2D eigenvalue weighted by Gasteiger charge is -2.16. The van der Waals surface area contributed by atoms with Gasteiger partial charge in [0.25, 0.3) is 0 Å². The van der Waals surface area contributed by atoms with Crippen molar-refractivity contribution >= 4 is 11.6 Å². The van der Waals surface area contributed by atoms with Gasteiger partial charge in [0.15, 0.2) is 11.5 Å². The molecule has 0 unspecified atom stereocenters. The number of aliphatic hydroxyl groups excluding tert-OH is 1. The second kappa shape index (κ2) is 5.94. The number of halogens is 1. The molecule has 5 heteroatoms. The van der Waals surface area contributed by atoms with Crippen molar-refractivity contribution in [3.8, 4) is 11.5 Å². The van der Waals surface area contributed by atoms with Crippen LogP contribution in [-0.4, -0.2) is 25.9 Å². The molecule has 1 aromatic rings. The maximum Gasteiger partial charge on any atom is 0.179 e. The van der Waals surface area contributed by atoms with Crippen LogP contribution >= 0.6 is 11.6 Å². The Morgan fingerprint density at radius 1 is 1.38 bits per heavy atom. The number of ether oxygens (including phenoxy) is 2. The fourth-order valence-corrected chi connectivity index (χ4v) is 1.83. The van der Waals surface area contributed by atoms with Gasteiger partial charge in [0.1, 0.15) is 0 Å². The Morgan fingerprint density at radius 3 is 2.56 bits per heavy atom. The standard InChI is InChI=1S/C11H16ClNO3/c1-15-9-4-3-7(8(14)5-6-13)10(12)11(9)16-2/h3-4,8,14H,5-6,13H2,1-2H3/t8-/m0/s1. The molecule has 0 heterocycles. The van der Waals surface area contributed by atoms with Gasteiger partial charge in [0.05, 0.1) is 25.3 Å². The predicted molar refractivity (Wildman–Crippen MR) is 63.2 cm³/mol. The van der Waals surface area contributed by atoms with Crippen LogP contribution in [0.25, 0.3) is 0 Å². The smallest absolute Gasteiger partial charge is 0.179 e. The zero-order valence-electron chi connectivity index (χ0n) is 9.37. The first-order valence-corrected chi connectivity index (χ1v) is 5.32. The number of rotatable bonds is 5. The van der Waals surface area contributed by atoms with E-state index in [0.717, 1.165) is 0 Å². The molecule has 0 saturated carbocycles. The Balaban J connectivity index is 3.13. The van der Waals surface area contributed by atoms with Crippen LogP contribution in [0, 0.1) is 0 Å². The Hall–Kier alpha value is -0.970. The molecule has 3 N–H and O–H groups in total. The van der Waals surface area contributed by atoms with Gasteiger partial charge in [0, 0.05) is 5.56 Å². The van der Waals surface area contributed by atoms with Gasteiger partial charge in [-0.2, -0.15) is 0 Å². The highest BCUT2D eigenvalue weighted by Crippen LogP contribution is 2.39. The van der Waals surface area contributed by atoms with Crippen LogP contribution in [0.2, 0.25) is 5.02 Å². The van der Waals surface area contributed by atoms with Crippen LogP contribution in [0.15, 0.2) is 12.1 Å². The molecule has 0 spiro atoms. The molecular formula is C11H16ClNO3. The van der Waals surface area contributed by atoms with E-state index in [1.54, 1.807) is 12.1 Å². The summed E-state index contributed by atoms with van der Waals surface area (Å²) >= 11 is 6.12. The van der Waals surface area contributed by atoms with E-state index in [4.69, 9.17) is 26.8 Å². The molecule has 90 valence electrons. The molecule has 0 bridgehead atoms. The molecule has 4 nitrogen and oxygen atoms in total. The average Bonchev–Trinajstić information content (AvgIpc) is 2.28. The van der Waals surface area contributed by atoms with E-state index in [-0.39, 0.29) is 0 Å². The molecule has 0 fully saturated rings. The number of aliphatic hydroxyl groups is 1. The fraction of sp³-hybridized carbons (Fsp3) is 0.455. The SMILES string of the molecule is COc1ccc([C@@H](O)CCN)c(Cl)c1OC. The van der Waals surface area contributed by atoms with Crippen molar-refractivity contribution in [3.63, 3.8) is 0 Å². The normalized spacial score (nSPS) is 12.3. The van der Waals surface area contributed by atoms with Crippen LogP contribution in [0.5, 0.6) is 11.5 Å². The van der Waals surface area contributed by atoms with Crippen molar-refractivity contribution in [3.05, 3.63) is 22.7 Å². The van der Waals surface area contributed by atoms with Crippen LogP contribution in [0.1, 0.15) is 18.1 Å². The Labute approximate surface area is 99.9 Å². The lowest BCUT2D eigenvalue weighted by atomic mass is 10.1. The summed E-state index contributed by atoms with van der Waals surface area (Å²) < 4.78 is 10.2. The van der Waals surface area contributed by atoms with Crippen molar-refractivity contribution < 1.29 is 14.6 Å². The summed E-state index contributed by atoms with van der Waals surface area (Å²) in [5.74, 6) is 0.967. The molecule has 0 saturated heterocycles. The molecule has 1 atom stereocenters. The second-order valence-electron chi connectivity index (χ2n) is 3.30. The van der Waals surface area contributed by atoms with E-state index in [9.17, 15) is 5.11 Å². The number of methoxy groups -OCH3 is 2. The van der Waals surface area contributed by atoms with Crippen molar-refractivity contribution in [1.82, 2.24) is 0 Å². The van der Waals surface area contributed by atoms with E-state index < -0.39 is 6.10 Å². The summed E-state index contributed by atoms with van der Waals surface area (Å²) in [5.41, 5.74) is 5.99. The summed E-state index contributed by atoms with van der Waals surface area (Å²) in [6.45, 7) is 0.395. The molecule has 16 heavy (non-hydrogen) atoms. The minimum Gasteiger partial charge on any atom is -0.493 e. The van der Waals surface area contributed by atoms with Crippen LogP contribution in [0.4, 0.5) is 0 Å². The fourth-order valence-electron chi connectivity index (χ4n) is 1.48. The average molecular weight is 246 g/mol. The monoisotopic (exact) mass is 245 g/mol. The largest absolute Gasteiger partial charge is 0.493 e. The Bertz CT molecular complexity index is 357. The minimum absolute atomic E-state index is 0.364. The van der Waals surface area contributed by atoms with Crippen LogP contribution in [0.3, 0.4) is 0 Å². The maximum atomic E-state index is 9.82. The van der Waals surface area contributed by atoms with Crippen molar-refractivity contribution in [2.24, 2.45) is 5.73 Å². The lowest BCUT2D eigenvalue weighted by molar-refractivity contribution is 0.170. The van der Waals surface area contributed by atoms with Gasteiger partial charge >= 0.3 is 0 Å². The summed E-state index contributed by atoms with van der Waals surface area (Å²) in [7, 11) is 3.03. The van der Waals surface area contributed by atoms with Crippen molar-refractivity contribution in [1.29, 1.82) is 0 Å². The van der Waals surface area contributed by atoms with Gasteiger partial charge in [-0.05, 0) is 19.0 Å². The van der Waals surface area contributed by atoms with Gasteiger partial charge in [-0.1, -0.05) is 17.7 Å². The first-order chi connectivity index (χ1) is 7.65. The number of hydrogen-bond donors (Lipinski definition) is 2. The zero-order valence-corrected chi connectivity index (χ0v) is 10.1. The molecule has 0 radical (unpaired) electrons. The molecule has 0 aliphatic carbocycles. The Morgan fingerprint density at radius 2 is 2.06 bits per heavy atom. The third kappa shape index (κ3) is 2.58. The van der Waals surface area contributed by atoms with Crippen LogP contribution < -0.4 is 15.2 Å². The van der Waals surface area contributed by atoms with Crippen molar-refractivity contribution in [2.75, 3.05) is 20.8 Å². The van der Waals surface area contributed by atoms with E-state index in [1.807, 2.05) is 0 Å². The molecule has 1 rings (SSSR count). The third-order valence-electron chi connectivity index (χ3n) is 2.31. The van der Waals surface area contributed by atoms with E-state index in [1.165, 1.54) is 14.2 Å². The van der Waals surface area contributed by atoms with E-state index in [2.05, 4.69) is 0 Å². The summed E-state index contributed by atoms with van der Waals surface area (Å²) in [5, 5.41) is 10.2.